The summed E-state index contributed by atoms with van der Waals surface area (Å²) in [5.41, 5.74) is -0.135. The van der Waals surface area contributed by atoms with Crippen LogP contribution >= 0.6 is 11.6 Å². The molecule has 0 bridgehead atoms. The molecule has 1 aromatic rings. The molecule has 1 rings (SSSR count). The van der Waals surface area contributed by atoms with Gasteiger partial charge < -0.3 is 10.1 Å². The standard InChI is InChI=1S/C13H17ClN2O4/c1-9(2)5-6-15-13(17)8-20-12-7-10(16(18)19)3-4-11(12)14/h3-4,7,9H,5-6,8H2,1-2H3,(H,15,17). The molecule has 110 valence electrons. The minimum atomic E-state index is -0.550. The van der Waals surface area contributed by atoms with Gasteiger partial charge in [-0.05, 0) is 18.4 Å². The molecule has 0 fully saturated rings. The van der Waals surface area contributed by atoms with Crippen molar-refractivity contribution in [3.63, 3.8) is 0 Å². The molecule has 0 aliphatic carbocycles. The second-order valence-corrected chi connectivity index (χ2v) is 5.10. The third-order valence-corrected chi connectivity index (χ3v) is 2.84. The average Bonchev–Trinajstić information content (AvgIpc) is 2.37. The Hall–Kier alpha value is -1.82. The number of benzene rings is 1. The highest BCUT2D eigenvalue weighted by molar-refractivity contribution is 6.32. The summed E-state index contributed by atoms with van der Waals surface area (Å²) in [4.78, 5) is 21.6. The average molecular weight is 301 g/mol. The lowest BCUT2D eigenvalue weighted by atomic mass is 10.1. The minimum Gasteiger partial charge on any atom is -0.482 e. The highest BCUT2D eigenvalue weighted by Crippen LogP contribution is 2.28. The topological polar surface area (TPSA) is 81.5 Å². The van der Waals surface area contributed by atoms with Gasteiger partial charge in [-0.25, -0.2) is 0 Å². The van der Waals surface area contributed by atoms with E-state index < -0.39 is 4.92 Å². The second kappa shape index (κ2) is 7.69. The van der Waals surface area contributed by atoms with Crippen LogP contribution in [0.25, 0.3) is 0 Å². The van der Waals surface area contributed by atoms with Crippen molar-refractivity contribution in [2.45, 2.75) is 20.3 Å². The van der Waals surface area contributed by atoms with Gasteiger partial charge in [-0.3, -0.25) is 14.9 Å². The lowest BCUT2D eigenvalue weighted by Gasteiger charge is -2.09. The van der Waals surface area contributed by atoms with Gasteiger partial charge in [0.2, 0.25) is 0 Å². The molecule has 20 heavy (non-hydrogen) atoms. The van der Waals surface area contributed by atoms with Crippen LogP contribution in [0.4, 0.5) is 5.69 Å². The number of hydrogen-bond acceptors (Lipinski definition) is 4. The minimum absolute atomic E-state index is 0.125. The lowest BCUT2D eigenvalue weighted by molar-refractivity contribution is -0.384. The van der Waals surface area contributed by atoms with Crippen LogP contribution in [0.5, 0.6) is 5.75 Å². The van der Waals surface area contributed by atoms with Gasteiger partial charge >= 0.3 is 0 Å². The Bertz CT molecular complexity index is 491. The molecule has 0 saturated carbocycles. The van der Waals surface area contributed by atoms with E-state index in [1.807, 2.05) is 0 Å². The van der Waals surface area contributed by atoms with Crippen molar-refractivity contribution in [3.05, 3.63) is 33.3 Å². The molecule has 0 spiro atoms. The molecule has 0 aromatic heterocycles. The summed E-state index contributed by atoms with van der Waals surface area (Å²) >= 11 is 5.85. The molecular weight excluding hydrogens is 284 g/mol. The number of halogens is 1. The normalized spacial score (nSPS) is 10.4. The molecule has 1 aromatic carbocycles. The molecule has 0 radical (unpaired) electrons. The third-order valence-electron chi connectivity index (χ3n) is 2.53. The van der Waals surface area contributed by atoms with Gasteiger partial charge in [-0.2, -0.15) is 0 Å². The monoisotopic (exact) mass is 300 g/mol. The van der Waals surface area contributed by atoms with Crippen molar-refractivity contribution in [2.24, 2.45) is 5.92 Å². The fourth-order valence-corrected chi connectivity index (χ4v) is 1.58. The first-order chi connectivity index (χ1) is 9.40. The summed E-state index contributed by atoms with van der Waals surface area (Å²) in [5, 5.41) is 13.6. The third kappa shape index (κ3) is 5.44. The van der Waals surface area contributed by atoms with Gasteiger partial charge in [0.1, 0.15) is 5.75 Å². The zero-order valence-corrected chi connectivity index (χ0v) is 12.1. The SMILES string of the molecule is CC(C)CCNC(=O)COc1cc([N+](=O)[O-])ccc1Cl. The van der Waals surface area contributed by atoms with Crippen molar-refractivity contribution in [1.29, 1.82) is 0 Å². The van der Waals surface area contributed by atoms with E-state index in [-0.39, 0.29) is 29.0 Å². The lowest BCUT2D eigenvalue weighted by Crippen LogP contribution is -2.30. The maximum atomic E-state index is 11.5. The first-order valence-electron chi connectivity index (χ1n) is 6.23. The zero-order valence-electron chi connectivity index (χ0n) is 11.4. The molecule has 0 aliphatic rings. The Kier molecular flexibility index (Phi) is 6.24. The van der Waals surface area contributed by atoms with Gasteiger partial charge in [0.25, 0.3) is 11.6 Å². The smallest absolute Gasteiger partial charge is 0.273 e. The fraction of sp³-hybridized carbons (Fsp3) is 0.462. The van der Waals surface area contributed by atoms with E-state index in [0.717, 1.165) is 6.42 Å². The van der Waals surface area contributed by atoms with Crippen molar-refractivity contribution in [2.75, 3.05) is 13.2 Å². The van der Waals surface area contributed by atoms with Crippen molar-refractivity contribution in [3.8, 4) is 5.75 Å². The van der Waals surface area contributed by atoms with Crippen LogP contribution < -0.4 is 10.1 Å². The van der Waals surface area contributed by atoms with E-state index in [0.29, 0.717) is 12.5 Å². The van der Waals surface area contributed by atoms with E-state index in [4.69, 9.17) is 16.3 Å². The molecular formula is C13H17ClN2O4. The van der Waals surface area contributed by atoms with Gasteiger partial charge in [0, 0.05) is 12.6 Å². The largest absolute Gasteiger partial charge is 0.482 e. The Morgan fingerprint density at radius 2 is 2.20 bits per heavy atom. The Labute approximate surface area is 122 Å². The molecule has 6 nitrogen and oxygen atoms in total. The summed E-state index contributed by atoms with van der Waals surface area (Å²) in [5.74, 6) is 0.343. The van der Waals surface area contributed by atoms with E-state index in [9.17, 15) is 14.9 Å². The predicted molar refractivity (Wildman–Crippen MR) is 76.1 cm³/mol. The van der Waals surface area contributed by atoms with Gasteiger partial charge in [-0.15, -0.1) is 0 Å². The van der Waals surface area contributed by atoms with Crippen molar-refractivity contribution < 1.29 is 14.5 Å². The highest BCUT2D eigenvalue weighted by atomic mass is 35.5. The number of ether oxygens (including phenoxy) is 1. The number of amides is 1. The number of nitro benzene ring substituents is 1. The molecule has 1 amide bonds. The molecule has 7 heteroatoms. The van der Waals surface area contributed by atoms with Crippen molar-refractivity contribution in [1.82, 2.24) is 5.32 Å². The van der Waals surface area contributed by atoms with E-state index >= 15 is 0 Å². The van der Waals surface area contributed by atoms with Crippen LogP contribution in [-0.2, 0) is 4.79 Å². The summed E-state index contributed by atoms with van der Waals surface area (Å²) < 4.78 is 5.20. The summed E-state index contributed by atoms with van der Waals surface area (Å²) in [6, 6.07) is 3.84. The number of nitrogens with zero attached hydrogens (tertiary/aromatic N) is 1. The molecule has 0 saturated heterocycles. The number of carbonyl (C=O) groups is 1. The van der Waals surface area contributed by atoms with Crippen LogP contribution in [-0.4, -0.2) is 24.0 Å². The predicted octanol–water partition coefficient (Wildman–Crippen LogP) is 2.79. The maximum Gasteiger partial charge on any atom is 0.273 e. The van der Waals surface area contributed by atoms with Crippen LogP contribution in [0.3, 0.4) is 0 Å². The number of nitrogens with one attached hydrogen (secondary N) is 1. The van der Waals surface area contributed by atoms with Crippen LogP contribution in [0, 0.1) is 16.0 Å². The van der Waals surface area contributed by atoms with Crippen LogP contribution in [0.15, 0.2) is 18.2 Å². The summed E-state index contributed by atoms with van der Waals surface area (Å²) in [6.45, 7) is 4.47. The number of nitro groups is 1. The van der Waals surface area contributed by atoms with E-state index in [1.54, 1.807) is 0 Å². The first kappa shape index (κ1) is 16.2. The van der Waals surface area contributed by atoms with Gasteiger partial charge in [0.15, 0.2) is 6.61 Å². The maximum absolute atomic E-state index is 11.5. The molecule has 0 unspecified atom stereocenters. The Morgan fingerprint density at radius 1 is 1.50 bits per heavy atom. The molecule has 0 atom stereocenters. The zero-order chi connectivity index (χ0) is 15.1. The Balaban J connectivity index is 2.50. The van der Waals surface area contributed by atoms with Gasteiger partial charge in [-0.1, -0.05) is 25.4 Å². The molecule has 0 aliphatic heterocycles. The quantitative estimate of drug-likeness (QED) is 0.620. The fourth-order valence-electron chi connectivity index (χ4n) is 1.41. The number of rotatable bonds is 7. The van der Waals surface area contributed by atoms with E-state index in [2.05, 4.69) is 19.2 Å². The van der Waals surface area contributed by atoms with E-state index in [1.165, 1.54) is 18.2 Å². The van der Waals surface area contributed by atoms with Gasteiger partial charge in [0.05, 0.1) is 16.0 Å². The van der Waals surface area contributed by atoms with Crippen LogP contribution in [0.2, 0.25) is 5.02 Å². The molecule has 0 heterocycles. The summed E-state index contributed by atoms with van der Waals surface area (Å²) in [7, 11) is 0. The number of non-ortho nitro benzene ring substituents is 1. The Morgan fingerprint density at radius 3 is 2.80 bits per heavy atom. The number of carbonyl (C=O) groups excluding carboxylic acids is 1. The first-order valence-corrected chi connectivity index (χ1v) is 6.61. The highest BCUT2D eigenvalue weighted by Gasteiger charge is 2.12. The van der Waals surface area contributed by atoms with Crippen LogP contribution in [0.1, 0.15) is 20.3 Å². The summed E-state index contributed by atoms with van der Waals surface area (Å²) in [6.07, 6.45) is 0.878. The second-order valence-electron chi connectivity index (χ2n) is 4.69. The molecule has 1 N–H and O–H groups in total. The van der Waals surface area contributed by atoms with Crippen molar-refractivity contribution >= 4 is 23.2 Å². The number of hydrogen-bond donors (Lipinski definition) is 1.